The van der Waals surface area contributed by atoms with Crippen molar-refractivity contribution in [3.8, 4) is 0 Å². The highest BCUT2D eigenvalue weighted by atomic mass is 127. The van der Waals surface area contributed by atoms with Gasteiger partial charge in [-0.2, -0.15) is 0 Å². The minimum atomic E-state index is 0.814. The third-order valence-electron chi connectivity index (χ3n) is 1.90. The Balaban J connectivity index is 2.87. The number of halogens is 2. The molecule has 1 rings (SSSR count). The van der Waals surface area contributed by atoms with E-state index < -0.39 is 0 Å². The summed E-state index contributed by atoms with van der Waals surface area (Å²) in [5, 5.41) is 0.814. The molecular formula is C11H12ClI. The second-order valence-electron chi connectivity index (χ2n) is 2.84. The summed E-state index contributed by atoms with van der Waals surface area (Å²) >= 11 is 8.30. The van der Waals surface area contributed by atoms with E-state index in [2.05, 4.69) is 29.2 Å². The Morgan fingerprint density at radius 3 is 2.85 bits per heavy atom. The minimum Gasteiger partial charge on any atom is -0.0985 e. The average Bonchev–Trinajstić information content (AvgIpc) is 2.15. The van der Waals surface area contributed by atoms with Crippen LogP contribution in [0.1, 0.15) is 17.5 Å². The van der Waals surface area contributed by atoms with Gasteiger partial charge in [0.1, 0.15) is 0 Å². The van der Waals surface area contributed by atoms with Crippen molar-refractivity contribution in [2.45, 2.75) is 12.8 Å². The molecule has 0 N–H and O–H groups in total. The molecule has 0 atom stereocenters. The first-order valence-corrected chi connectivity index (χ1v) is 6.15. The lowest BCUT2D eigenvalue weighted by Gasteiger charge is -2.05. The molecule has 0 aliphatic rings. The molecule has 0 spiro atoms. The van der Waals surface area contributed by atoms with Crippen LogP contribution < -0.4 is 0 Å². The molecule has 0 nitrogen and oxygen atoms in total. The first-order valence-electron chi connectivity index (χ1n) is 4.24. The predicted octanol–water partition coefficient (Wildman–Crippen LogP) is 4.35. The SMILES string of the molecule is C=Cc1ccc(Cl)cc1CCCI. The summed E-state index contributed by atoms with van der Waals surface area (Å²) in [5.41, 5.74) is 2.51. The van der Waals surface area contributed by atoms with Crippen LogP contribution in [-0.4, -0.2) is 4.43 Å². The van der Waals surface area contributed by atoms with Gasteiger partial charge in [0.2, 0.25) is 0 Å². The van der Waals surface area contributed by atoms with Crippen LogP contribution in [0, 0.1) is 0 Å². The van der Waals surface area contributed by atoms with E-state index in [1.54, 1.807) is 0 Å². The number of hydrogen-bond acceptors (Lipinski definition) is 0. The van der Waals surface area contributed by atoms with Gasteiger partial charge >= 0.3 is 0 Å². The highest BCUT2D eigenvalue weighted by Gasteiger charge is 1.99. The van der Waals surface area contributed by atoms with Crippen LogP contribution in [0.2, 0.25) is 5.02 Å². The molecule has 0 aromatic heterocycles. The number of rotatable bonds is 4. The highest BCUT2D eigenvalue weighted by molar-refractivity contribution is 14.1. The molecule has 0 amide bonds. The van der Waals surface area contributed by atoms with E-state index in [1.165, 1.54) is 22.0 Å². The van der Waals surface area contributed by atoms with Gasteiger partial charge in [0.25, 0.3) is 0 Å². The summed E-state index contributed by atoms with van der Waals surface area (Å²) in [6, 6.07) is 5.97. The van der Waals surface area contributed by atoms with E-state index in [0.717, 1.165) is 11.4 Å². The summed E-state index contributed by atoms with van der Waals surface area (Å²) in [4.78, 5) is 0. The maximum absolute atomic E-state index is 5.92. The van der Waals surface area contributed by atoms with Gasteiger partial charge in [-0.15, -0.1) is 0 Å². The molecule has 0 saturated carbocycles. The molecule has 1 aromatic rings. The van der Waals surface area contributed by atoms with E-state index in [4.69, 9.17) is 11.6 Å². The van der Waals surface area contributed by atoms with E-state index in [1.807, 2.05) is 24.3 Å². The number of hydrogen-bond donors (Lipinski definition) is 0. The average molecular weight is 307 g/mol. The molecule has 0 saturated heterocycles. The Morgan fingerprint density at radius 2 is 2.23 bits per heavy atom. The van der Waals surface area contributed by atoms with E-state index >= 15 is 0 Å². The largest absolute Gasteiger partial charge is 0.0985 e. The fraction of sp³-hybridized carbons (Fsp3) is 0.273. The Morgan fingerprint density at radius 1 is 1.46 bits per heavy atom. The standard InChI is InChI=1S/C11H12ClI/c1-2-9-5-6-11(12)8-10(9)4-3-7-13/h2,5-6,8H,1,3-4,7H2. The van der Waals surface area contributed by atoms with Crippen LogP contribution >= 0.6 is 34.2 Å². The van der Waals surface area contributed by atoms with Crippen molar-refractivity contribution < 1.29 is 0 Å². The Bertz CT molecular complexity index is 294. The summed E-state index contributed by atoms with van der Waals surface area (Å²) < 4.78 is 1.18. The molecule has 13 heavy (non-hydrogen) atoms. The summed E-state index contributed by atoms with van der Waals surface area (Å²) in [7, 11) is 0. The lowest BCUT2D eigenvalue weighted by molar-refractivity contribution is 0.943. The van der Waals surface area contributed by atoms with E-state index in [-0.39, 0.29) is 0 Å². The molecule has 0 radical (unpaired) electrons. The van der Waals surface area contributed by atoms with Gasteiger partial charge in [-0.05, 0) is 40.5 Å². The molecule has 0 aliphatic carbocycles. The maximum atomic E-state index is 5.92. The van der Waals surface area contributed by atoms with Gasteiger partial charge < -0.3 is 0 Å². The van der Waals surface area contributed by atoms with Gasteiger partial charge in [0, 0.05) is 5.02 Å². The summed E-state index contributed by atoms with van der Waals surface area (Å²) in [5.74, 6) is 0. The molecule has 1 aromatic carbocycles. The van der Waals surface area contributed by atoms with Crippen molar-refractivity contribution >= 4 is 40.3 Å². The molecule has 0 aliphatic heterocycles. The van der Waals surface area contributed by atoms with E-state index in [0.29, 0.717) is 0 Å². The van der Waals surface area contributed by atoms with Gasteiger partial charge in [0.15, 0.2) is 0 Å². The normalized spacial score (nSPS) is 10.0. The van der Waals surface area contributed by atoms with Crippen LogP contribution in [0.3, 0.4) is 0 Å². The maximum Gasteiger partial charge on any atom is 0.0409 e. The van der Waals surface area contributed by atoms with Crippen molar-refractivity contribution in [2.75, 3.05) is 4.43 Å². The van der Waals surface area contributed by atoms with Crippen molar-refractivity contribution in [2.24, 2.45) is 0 Å². The smallest absolute Gasteiger partial charge is 0.0409 e. The molecule has 0 fully saturated rings. The van der Waals surface area contributed by atoms with Crippen LogP contribution in [0.5, 0.6) is 0 Å². The Hall–Kier alpha value is -0.0200. The van der Waals surface area contributed by atoms with Crippen molar-refractivity contribution in [3.05, 3.63) is 40.9 Å². The Labute approximate surface area is 98.1 Å². The second kappa shape index (κ2) is 5.66. The zero-order valence-electron chi connectivity index (χ0n) is 7.39. The second-order valence-corrected chi connectivity index (χ2v) is 4.35. The first kappa shape index (κ1) is 11.1. The zero-order chi connectivity index (χ0) is 9.68. The van der Waals surface area contributed by atoms with Crippen molar-refractivity contribution in [3.63, 3.8) is 0 Å². The number of alkyl halides is 1. The quantitative estimate of drug-likeness (QED) is 0.573. The summed E-state index contributed by atoms with van der Waals surface area (Å²) in [6.07, 6.45) is 4.17. The fourth-order valence-corrected chi connectivity index (χ4v) is 1.82. The lowest BCUT2D eigenvalue weighted by Crippen LogP contribution is -1.90. The molecule has 0 heterocycles. The highest BCUT2D eigenvalue weighted by Crippen LogP contribution is 2.18. The third-order valence-corrected chi connectivity index (χ3v) is 2.90. The van der Waals surface area contributed by atoms with Crippen LogP contribution in [-0.2, 0) is 6.42 Å². The topological polar surface area (TPSA) is 0 Å². The molecule has 70 valence electrons. The zero-order valence-corrected chi connectivity index (χ0v) is 10.3. The molecule has 2 heteroatoms. The van der Waals surface area contributed by atoms with Crippen LogP contribution in [0.25, 0.3) is 6.08 Å². The molecular weight excluding hydrogens is 294 g/mol. The summed E-state index contributed by atoms with van der Waals surface area (Å²) in [6.45, 7) is 3.78. The third kappa shape index (κ3) is 3.31. The van der Waals surface area contributed by atoms with Crippen molar-refractivity contribution in [1.82, 2.24) is 0 Å². The van der Waals surface area contributed by atoms with Gasteiger partial charge in [-0.3, -0.25) is 0 Å². The van der Waals surface area contributed by atoms with E-state index in [9.17, 15) is 0 Å². The fourth-order valence-electron chi connectivity index (χ4n) is 1.25. The number of benzene rings is 1. The van der Waals surface area contributed by atoms with Crippen molar-refractivity contribution in [1.29, 1.82) is 0 Å². The molecule has 0 bridgehead atoms. The van der Waals surface area contributed by atoms with Crippen LogP contribution in [0.15, 0.2) is 24.8 Å². The van der Waals surface area contributed by atoms with Crippen LogP contribution in [0.4, 0.5) is 0 Å². The van der Waals surface area contributed by atoms with Gasteiger partial charge in [-0.1, -0.05) is 52.9 Å². The molecule has 0 unspecified atom stereocenters. The minimum absolute atomic E-state index is 0.814. The van der Waals surface area contributed by atoms with Gasteiger partial charge in [-0.25, -0.2) is 0 Å². The first-order chi connectivity index (χ1) is 6.27. The monoisotopic (exact) mass is 306 g/mol. The lowest BCUT2D eigenvalue weighted by atomic mass is 10.0. The predicted molar refractivity (Wildman–Crippen MR) is 68.8 cm³/mol. The van der Waals surface area contributed by atoms with Gasteiger partial charge in [0.05, 0.1) is 0 Å². The Kier molecular flexibility index (Phi) is 4.81. The number of aryl methyl sites for hydroxylation is 1.